The zero-order chi connectivity index (χ0) is 72.8. The van der Waals surface area contributed by atoms with Crippen LogP contribution in [-0.4, -0.2) is 149 Å². The van der Waals surface area contributed by atoms with Gasteiger partial charge >= 0.3 is 12.1 Å². The molecule has 5 amide bonds. The van der Waals surface area contributed by atoms with E-state index in [2.05, 4.69) is 37.2 Å². The number of benzene rings is 6. The van der Waals surface area contributed by atoms with Crippen LogP contribution in [0.15, 0.2) is 114 Å². The molecule has 6 aromatic carbocycles. The highest BCUT2D eigenvalue weighted by Gasteiger charge is 2.61. The molecule has 10 atom stereocenters. The third-order valence-corrected chi connectivity index (χ3v) is 18.3. The number of esters is 1. The second kappa shape index (κ2) is 32.1. The molecule has 0 aliphatic carbocycles. The monoisotopic (exact) mass is 1510 g/mol. The molecule has 526 valence electrons. The van der Waals surface area contributed by atoms with Gasteiger partial charge in [-0.05, 0) is 155 Å². The lowest BCUT2D eigenvalue weighted by atomic mass is 9.81. The number of ketones is 2. The second-order valence-electron chi connectivity index (χ2n) is 24.8. The first-order valence-corrected chi connectivity index (χ1v) is 32.9. The van der Waals surface area contributed by atoms with Crippen LogP contribution >= 0.6 is 62.3 Å². The van der Waals surface area contributed by atoms with E-state index in [9.17, 15) is 40.3 Å². The first-order chi connectivity index (χ1) is 46.7. The summed E-state index contributed by atoms with van der Waals surface area (Å²) in [4.78, 5) is 122. The highest BCUT2D eigenvalue weighted by atomic mass is 79.9. The molecule has 0 saturated carbocycles. The second-order valence-corrected chi connectivity index (χ2v) is 27.3. The van der Waals surface area contributed by atoms with Crippen molar-refractivity contribution >= 4 is 110 Å². The molecule has 0 aromatic heterocycles. The lowest BCUT2D eigenvalue weighted by Gasteiger charge is -2.33. The van der Waals surface area contributed by atoms with Crippen molar-refractivity contribution in [2.24, 2.45) is 11.8 Å². The summed E-state index contributed by atoms with van der Waals surface area (Å²) >= 11 is 29.7. The van der Waals surface area contributed by atoms with Crippen LogP contribution < -0.4 is 40.2 Å². The van der Waals surface area contributed by atoms with Crippen molar-refractivity contribution in [1.29, 1.82) is 0 Å². The number of aliphatic hydroxyl groups excluding tert-OH is 2. The molecule has 8 N–H and O–H groups in total. The molecule has 0 spiro atoms. The number of carbonyl (C=O) groups is 8. The molecule has 99 heavy (non-hydrogen) atoms. The summed E-state index contributed by atoms with van der Waals surface area (Å²) in [5.74, 6) is -13.5. The topological polar surface area (TPSA) is 350 Å². The van der Waals surface area contributed by atoms with Gasteiger partial charge in [-0.2, -0.15) is 0 Å². The molecule has 6 bridgehead atoms. The molecule has 1 fully saturated rings. The van der Waals surface area contributed by atoms with Gasteiger partial charge in [0.15, 0.2) is 28.9 Å². The number of rotatable bonds is 21. The Bertz CT molecular complexity index is 3990. The number of likely N-dealkylation sites (N-methyl/N-ethyl adjacent to an activating group) is 1. The summed E-state index contributed by atoms with van der Waals surface area (Å²) in [5.41, 5.74) is 11.9. The van der Waals surface area contributed by atoms with Crippen molar-refractivity contribution in [2.75, 3.05) is 35.5 Å². The van der Waals surface area contributed by atoms with E-state index < -0.39 is 153 Å². The third-order valence-electron chi connectivity index (χ3n) is 16.6. The van der Waals surface area contributed by atoms with Crippen LogP contribution in [0.5, 0.6) is 40.2 Å². The van der Waals surface area contributed by atoms with E-state index in [1.165, 1.54) is 52.6 Å². The summed E-state index contributed by atoms with van der Waals surface area (Å²) in [6, 6.07) is 12.0. The largest absolute Gasteiger partial charge is 0.505 e. The number of nitrogens with one attached hydrogen (secondary N) is 4. The summed E-state index contributed by atoms with van der Waals surface area (Å²) in [6.07, 6.45) is -6.35. The molecular formula is C69H72BrCl4N7O18. The van der Waals surface area contributed by atoms with E-state index in [4.69, 9.17) is 74.8 Å². The Morgan fingerprint density at radius 2 is 1.21 bits per heavy atom. The van der Waals surface area contributed by atoms with Crippen LogP contribution in [0.2, 0.25) is 20.1 Å². The van der Waals surface area contributed by atoms with Crippen LogP contribution in [-0.2, 0) is 43.0 Å². The summed E-state index contributed by atoms with van der Waals surface area (Å²) in [7, 11) is 6.51. The smallest absolute Gasteiger partial charge is 0.410 e. The van der Waals surface area contributed by atoms with Crippen LogP contribution in [0, 0.1) is 11.8 Å². The number of amides is 5. The van der Waals surface area contributed by atoms with E-state index in [1.54, 1.807) is 83.1 Å². The zero-order valence-electron chi connectivity index (χ0n) is 55.0. The molecule has 1 saturated heterocycles. The number of fused-ring (bicyclic) bond motifs is 4. The van der Waals surface area contributed by atoms with E-state index in [1.807, 2.05) is 0 Å². The van der Waals surface area contributed by atoms with Crippen molar-refractivity contribution < 1.29 is 91.9 Å². The molecular weight excluding hydrogens is 1440 g/mol. The van der Waals surface area contributed by atoms with Crippen molar-refractivity contribution in [2.45, 2.75) is 113 Å². The van der Waals surface area contributed by atoms with Gasteiger partial charge in [-0.25, -0.2) is 4.79 Å². The Labute approximate surface area is 597 Å². The quantitative estimate of drug-likeness (QED) is 0.0245. The Morgan fingerprint density at radius 3 is 1.72 bits per heavy atom. The van der Waals surface area contributed by atoms with Crippen LogP contribution in [0.3, 0.4) is 0 Å². The van der Waals surface area contributed by atoms with E-state index in [0.29, 0.717) is 22.6 Å². The number of aliphatic hydroxyl groups is 2. The number of carbonyl (C=O) groups excluding carboxylic acids is 8. The van der Waals surface area contributed by atoms with Crippen molar-refractivity contribution in [3.8, 4) is 40.2 Å². The maximum Gasteiger partial charge on any atom is 0.410 e. The Hall–Kier alpha value is -8.76. The fraction of sp³-hybridized carbons (Fsp3) is 0.362. The number of methoxy groups -OCH3 is 4. The van der Waals surface area contributed by atoms with Crippen molar-refractivity contribution in [3.05, 3.63) is 173 Å². The maximum absolute atomic E-state index is 16.3. The molecule has 3 aliphatic rings. The Balaban J connectivity index is 1.33. The van der Waals surface area contributed by atoms with E-state index >= 15 is 24.0 Å². The summed E-state index contributed by atoms with van der Waals surface area (Å²) in [6.45, 7) is 8.30. The molecule has 6 aromatic rings. The fourth-order valence-electron chi connectivity index (χ4n) is 11.6. The predicted octanol–water partition coefficient (Wildman–Crippen LogP) is 10.3. The van der Waals surface area contributed by atoms with Crippen molar-refractivity contribution in [3.63, 3.8) is 0 Å². The number of hydrogen-bond donors (Lipinski definition) is 8. The number of Topliss-reactive ketones (excluding diaryl/α,β-unsaturated/α-hetero) is 2. The van der Waals surface area contributed by atoms with Gasteiger partial charge in [-0.3, -0.25) is 38.5 Å². The first-order valence-electron chi connectivity index (χ1n) is 30.6. The molecule has 3 aliphatic heterocycles. The number of ether oxygens (including phenoxy) is 6. The number of aromatic hydroxyl groups is 2. The molecule has 3 heterocycles. The molecule has 0 radical (unpaired) electrons. The minimum absolute atomic E-state index is 0.0391. The average molecular weight is 1510 g/mol. The zero-order valence-corrected chi connectivity index (χ0v) is 59.6. The maximum atomic E-state index is 16.3. The van der Waals surface area contributed by atoms with E-state index in [0.717, 1.165) is 48.4 Å². The van der Waals surface area contributed by atoms with Crippen molar-refractivity contribution in [1.82, 2.24) is 26.2 Å². The fourth-order valence-corrected chi connectivity index (χ4v) is 13.1. The summed E-state index contributed by atoms with van der Waals surface area (Å²) in [5, 5.41) is 56.0. The van der Waals surface area contributed by atoms with Crippen LogP contribution in [0.4, 0.5) is 4.79 Å². The number of hydrogen-bond acceptors (Lipinski definition) is 18. The van der Waals surface area contributed by atoms with Gasteiger partial charge in [-0.15, -0.1) is 0 Å². The van der Waals surface area contributed by atoms with Gasteiger partial charge in [0.2, 0.25) is 47.3 Å². The highest BCUT2D eigenvalue weighted by molar-refractivity contribution is 9.10. The van der Waals surface area contributed by atoms with Gasteiger partial charge in [0.05, 0.1) is 71.6 Å². The normalized spacial score (nSPS) is 18.7. The van der Waals surface area contributed by atoms with E-state index in [-0.39, 0.29) is 65.3 Å². The standard InChI is InChI=1S/C69H72BrCl4N7O18/c1-31(2)23-47(80(6)68(93)99-69(3,4)5)65(90)79-54(58(84)37-25-42(71)60(86)43(72)26-37)66(91)76-46(30-49(82)77-52(33-13-19-39(95-8)20-14-33)34-15-21-40(96-9)22-16-34)64(89)78-53-35-24-41(70)59(85)48(29-35)98-63-44(73)27-36(28-45(63)74)57(83)51(67(92)97-10)56-61(87)50(55(62(53)88)81(56)75)32-11-17-38(94-7)18-12-32/h11-22,24-29,31,46-47,50-58,83-86H,23,30H2,1-10H3,(H,76,91)(H,77,82)(H,78,89)(H,79,90)/t46-,47+,50+,51-,53+,54+,55?,56?,57-,58+/m0/s1. The minimum Gasteiger partial charge on any atom is -0.505 e. The predicted molar refractivity (Wildman–Crippen MR) is 365 cm³/mol. The van der Waals surface area contributed by atoms with Crippen LogP contribution in [0.25, 0.3) is 5.53 Å². The summed E-state index contributed by atoms with van der Waals surface area (Å²) < 4.78 is 33.1. The Morgan fingerprint density at radius 1 is 0.677 bits per heavy atom. The van der Waals surface area contributed by atoms with Gasteiger partial charge in [0.25, 0.3) is 0 Å². The minimum atomic E-state index is -2.24. The molecule has 9 rings (SSSR count). The molecule has 25 nitrogen and oxygen atoms in total. The highest BCUT2D eigenvalue weighted by Crippen LogP contribution is 2.48. The lowest BCUT2D eigenvalue weighted by molar-refractivity contribution is -0.588. The first kappa shape index (κ1) is 76.0. The van der Waals surface area contributed by atoms with Gasteiger partial charge in [0.1, 0.15) is 59.0 Å². The average Bonchev–Trinajstić information content (AvgIpc) is 1.60. The SMILES string of the molecule is COC(=O)[C@H]1C2C(=O)[C@H](c3ccc(OC)cc3)C(C(=O)[C@H](NC(=O)[C@H](CC(=O)NC(c3ccc(OC)cc3)c3ccc(OC)cc3)NC(=O)[C@H](NC(=O)[C@@H](CC(C)C)N(C)C(=O)OC(C)(C)C)[C@H](O)c3cc(Cl)c(O)c(Cl)c3)c3cc(Br)c(O)c(c3)Oc3c(Cl)cc(cc3Cl)[C@@H]1O)[N+]2=[N-]. The Kier molecular flexibility index (Phi) is 24.6. The number of nitrogens with zero attached hydrogens (tertiary/aromatic N) is 3. The number of halogens is 5. The number of phenols is 2. The molecule has 30 heteroatoms. The van der Waals surface area contributed by atoms with Gasteiger partial charge in [0, 0.05) is 7.05 Å². The van der Waals surface area contributed by atoms with Crippen LogP contribution in [0.1, 0.15) is 111 Å². The van der Waals surface area contributed by atoms with Gasteiger partial charge in [-0.1, -0.05) is 96.6 Å². The molecule has 2 unspecified atom stereocenters. The lowest BCUT2D eigenvalue weighted by Crippen LogP contribution is -2.59. The number of phenolic OH excluding ortho intramolecular Hbond substituents is 2. The van der Waals surface area contributed by atoms with Gasteiger partial charge < -0.3 is 80.3 Å². The third kappa shape index (κ3) is 17.3.